The van der Waals surface area contributed by atoms with Gasteiger partial charge in [0.2, 0.25) is 0 Å². The second-order valence-electron chi connectivity index (χ2n) is 3.35. The molecule has 0 aromatic heterocycles. The van der Waals surface area contributed by atoms with E-state index in [0.717, 1.165) is 11.3 Å². The molecule has 8 heavy (non-hydrogen) atoms. The Balaban J connectivity index is 2.42. The van der Waals surface area contributed by atoms with Crippen molar-refractivity contribution >= 4 is 16.6 Å². The summed E-state index contributed by atoms with van der Waals surface area (Å²) in [5.41, 5.74) is 1.58. The molecule has 1 rings (SSSR count). The molecule has 0 aromatic rings. The summed E-state index contributed by atoms with van der Waals surface area (Å²) >= 11 is 0. The van der Waals surface area contributed by atoms with Crippen LogP contribution in [0.3, 0.4) is 0 Å². The molecule has 1 aliphatic rings. The van der Waals surface area contributed by atoms with E-state index in [-0.39, 0.29) is 0 Å². The Morgan fingerprint density at radius 2 is 1.25 bits per heavy atom. The van der Waals surface area contributed by atoms with Gasteiger partial charge in [0.05, 0.1) is 0 Å². The molecule has 0 bridgehead atoms. The van der Waals surface area contributed by atoms with Crippen LogP contribution in [0.1, 0.15) is 0 Å². The van der Waals surface area contributed by atoms with E-state index < -0.39 is 16.6 Å². The average Bonchev–Trinajstić information content (AvgIpc) is 1.20. The highest BCUT2D eigenvalue weighted by molar-refractivity contribution is 7.06. The summed E-state index contributed by atoms with van der Waals surface area (Å²) in [7, 11) is -3.55. The van der Waals surface area contributed by atoms with Crippen molar-refractivity contribution in [1.82, 2.24) is 0 Å². The molecule has 0 amide bonds. The van der Waals surface area contributed by atoms with Crippen molar-refractivity contribution in [3.8, 4) is 0 Å². The highest BCUT2D eigenvalue weighted by Crippen LogP contribution is 2.35. The summed E-state index contributed by atoms with van der Waals surface area (Å²) in [6.45, 7) is 3.83. The summed E-state index contributed by atoms with van der Waals surface area (Å²) in [4.78, 5) is 18.5. The summed E-state index contributed by atoms with van der Waals surface area (Å²) < 4.78 is 0. The molecule has 1 heterocycles. The monoisotopic (exact) mass is 148 g/mol. The van der Waals surface area contributed by atoms with Gasteiger partial charge < -0.3 is 9.59 Å². The third kappa shape index (κ3) is 1.19. The Morgan fingerprint density at radius 3 is 1.25 bits per heavy atom. The standard InChI is InChI=1S/C4H12O2Si2/c1-7(5)3-8(2,6)4-7/h5-6H,3-4H2,1-2H3. The van der Waals surface area contributed by atoms with E-state index in [1.165, 1.54) is 0 Å². The zero-order valence-electron chi connectivity index (χ0n) is 5.31. The van der Waals surface area contributed by atoms with Crippen LogP contribution in [-0.4, -0.2) is 26.2 Å². The van der Waals surface area contributed by atoms with Gasteiger partial charge in [-0.3, -0.25) is 0 Å². The molecule has 48 valence electrons. The zero-order valence-corrected chi connectivity index (χ0v) is 7.31. The van der Waals surface area contributed by atoms with Crippen molar-refractivity contribution in [1.29, 1.82) is 0 Å². The first kappa shape index (κ1) is 6.47. The molecular weight excluding hydrogens is 136 g/mol. The number of hydrogen-bond donors (Lipinski definition) is 2. The van der Waals surface area contributed by atoms with E-state index in [2.05, 4.69) is 0 Å². The molecule has 0 aromatic carbocycles. The fourth-order valence-corrected chi connectivity index (χ4v) is 14.3. The van der Waals surface area contributed by atoms with Crippen LogP contribution in [0, 0.1) is 0 Å². The third-order valence-electron chi connectivity index (χ3n) is 1.52. The molecule has 1 fully saturated rings. The van der Waals surface area contributed by atoms with Gasteiger partial charge in [0.1, 0.15) is 0 Å². The van der Waals surface area contributed by atoms with E-state index in [1.807, 2.05) is 13.1 Å². The second kappa shape index (κ2) is 1.44. The topological polar surface area (TPSA) is 40.5 Å². The maximum Gasteiger partial charge on any atom is 0.184 e. The van der Waals surface area contributed by atoms with E-state index in [4.69, 9.17) is 0 Å². The molecular formula is C4H12O2Si2. The highest BCUT2D eigenvalue weighted by atomic mass is 28.5. The van der Waals surface area contributed by atoms with E-state index in [9.17, 15) is 9.59 Å². The van der Waals surface area contributed by atoms with E-state index in [0.29, 0.717) is 0 Å². The molecule has 2 nitrogen and oxygen atoms in total. The minimum Gasteiger partial charge on any atom is -0.432 e. The molecule has 0 atom stereocenters. The molecule has 4 heteroatoms. The van der Waals surface area contributed by atoms with Crippen LogP contribution in [-0.2, 0) is 0 Å². The summed E-state index contributed by atoms with van der Waals surface area (Å²) in [5, 5.41) is 0. The van der Waals surface area contributed by atoms with Gasteiger partial charge >= 0.3 is 0 Å². The average molecular weight is 148 g/mol. The molecule has 0 saturated carbocycles. The van der Waals surface area contributed by atoms with Crippen LogP contribution >= 0.6 is 0 Å². The molecule has 0 spiro atoms. The van der Waals surface area contributed by atoms with Gasteiger partial charge in [-0.25, -0.2) is 0 Å². The summed E-state index contributed by atoms with van der Waals surface area (Å²) in [5.74, 6) is 0. The second-order valence-corrected chi connectivity index (χ2v) is 12.2. The van der Waals surface area contributed by atoms with E-state index in [1.54, 1.807) is 0 Å². The third-order valence-corrected chi connectivity index (χ3v) is 13.7. The molecule has 2 N–H and O–H groups in total. The zero-order chi connectivity index (χ0) is 6.41. The van der Waals surface area contributed by atoms with Crippen molar-refractivity contribution in [2.75, 3.05) is 0 Å². The van der Waals surface area contributed by atoms with Gasteiger partial charge in [-0.05, 0) is 24.4 Å². The first-order valence-corrected chi connectivity index (χ1v) is 8.58. The number of hydrogen-bond acceptors (Lipinski definition) is 2. The maximum absolute atomic E-state index is 9.26. The Labute approximate surface area is 51.4 Å². The molecule has 1 saturated heterocycles. The first-order chi connectivity index (χ1) is 3.41. The predicted octanol–water partition coefficient (Wildman–Crippen LogP) is 0.214. The largest absolute Gasteiger partial charge is 0.432 e. The van der Waals surface area contributed by atoms with Crippen molar-refractivity contribution in [2.24, 2.45) is 0 Å². The van der Waals surface area contributed by atoms with Gasteiger partial charge in [-0.1, -0.05) is 0 Å². The normalized spacial score (nSPS) is 55.5. The van der Waals surface area contributed by atoms with Crippen LogP contribution in [0.4, 0.5) is 0 Å². The van der Waals surface area contributed by atoms with Crippen LogP contribution in [0.15, 0.2) is 0 Å². The quantitative estimate of drug-likeness (QED) is 0.482. The van der Waals surface area contributed by atoms with Crippen LogP contribution in [0.5, 0.6) is 0 Å². The Hall–Kier alpha value is 0.354. The summed E-state index contributed by atoms with van der Waals surface area (Å²) in [6, 6.07) is 0. The van der Waals surface area contributed by atoms with Crippen molar-refractivity contribution in [3.05, 3.63) is 0 Å². The lowest BCUT2D eigenvalue weighted by atomic mass is 11.7. The van der Waals surface area contributed by atoms with Crippen molar-refractivity contribution in [2.45, 2.75) is 24.4 Å². The Morgan fingerprint density at radius 1 is 1.00 bits per heavy atom. The van der Waals surface area contributed by atoms with Gasteiger partial charge in [-0.15, -0.1) is 0 Å². The smallest absolute Gasteiger partial charge is 0.184 e. The van der Waals surface area contributed by atoms with Crippen molar-refractivity contribution in [3.63, 3.8) is 0 Å². The lowest BCUT2D eigenvalue weighted by Gasteiger charge is -2.41. The lowest BCUT2D eigenvalue weighted by Crippen LogP contribution is -2.59. The van der Waals surface area contributed by atoms with Gasteiger partial charge in [0.15, 0.2) is 16.6 Å². The Bertz CT molecular complexity index is 88.6. The maximum atomic E-state index is 9.26. The fraction of sp³-hybridized carbons (Fsp3) is 1.00. The minimum atomic E-state index is -1.77. The van der Waals surface area contributed by atoms with Gasteiger partial charge in [0, 0.05) is 0 Å². The molecule has 0 unspecified atom stereocenters. The number of rotatable bonds is 0. The Kier molecular flexibility index (Phi) is 1.17. The van der Waals surface area contributed by atoms with Gasteiger partial charge in [-0.2, -0.15) is 0 Å². The molecule has 0 aliphatic carbocycles. The molecule has 0 radical (unpaired) electrons. The van der Waals surface area contributed by atoms with Crippen LogP contribution < -0.4 is 0 Å². The van der Waals surface area contributed by atoms with Crippen LogP contribution in [0.25, 0.3) is 0 Å². The predicted molar refractivity (Wildman–Crippen MR) is 37.3 cm³/mol. The fourth-order valence-electron chi connectivity index (χ4n) is 1.59. The van der Waals surface area contributed by atoms with Crippen LogP contribution in [0.2, 0.25) is 24.4 Å². The molecule has 1 aliphatic heterocycles. The van der Waals surface area contributed by atoms with E-state index >= 15 is 0 Å². The highest BCUT2D eigenvalue weighted by Gasteiger charge is 2.51. The summed E-state index contributed by atoms with van der Waals surface area (Å²) in [6.07, 6.45) is 0. The SMILES string of the molecule is C[Si]1(O)C[Si](C)(O)C1. The first-order valence-electron chi connectivity index (χ1n) is 2.86. The lowest BCUT2D eigenvalue weighted by molar-refractivity contribution is 0.492. The van der Waals surface area contributed by atoms with Gasteiger partial charge in [0.25, 0.3) is 0 Å². The van der Waals surface area contributed by atoms with Crippen molar-refractivity contribution < 1.29 is 9.59 Å². The minimum absolute atomic E-state index is 0.792.